The highest BCUT2D eigenvalue weighted by Crippen LogP contribution is 2.32. The van der Waals surface area contributed by atoms with Gasteiger partial charge in [0, 0.05) is 36.4 Å². The second-order valence-electron chi connectivity index (χ2n) is 14.2. The van der Waals surface area contributed by atoms with Crippen LogP contribution in [0.2, 0.25) is 0 Å². The Kier molecular flexibility index (Phi) is 15.3. The van der Waals surface area contributed by atoms with Crippen molar-refractivity contribution < 1.29 is 23.9 Å². The zero-order chi connectivity index (χ0) is 36.8. The van der Waals surface area contributed by atoms with Crippen molar-refractivity contribution in [2.45, 2.75) is 115 Å². The molecular formula is C35H56N11O5P. The minimum absolute atomic E-state index is 0.0530. The van der Waals surface area contributed by atoms with Crippen molar-refractivity contribution in [3.05, 3.63) is 36.2 Å². The van der Waals surface area contributed by atoms with Gasteiger partial charge < -0.3 is 42.1 Å². The minimum Gasteiger partial charge on any atom is -0.367 e. The minimum atomic E-state index is -4.37. The number of Topliss-reactive ketones (excluding diaryl/α,β-unsaturated/α-hetero) is 1. The molecule has 1 amide bonds. The molecule has 17 heteroatoms. The van der Waals surface area contributed by atoms with Gasteiger partial charge in [-0.3, -0.25) is 18.8 Å². The lowest BCUT2D eigenvalue weighted by molar-refractivity contribution is -0.124. The second kappa shape index (κ2) is 20.1. The molecule has 0 aliphatic heterocycles. The van der Waals surface area contributed by atoms with Gasteiger partial charge in [-0.2, -0.15) is 4.98 Å². The van der Waals surface area contributed by atoms with Gasteiger partial charge in [-0.1, -0.05) is 36.6 Å². The molecular weight excluding hydrogens is 685 g/mol. The third-order valence-corrected chi connectivity index (χ3v) is 10.5. The van der Waals surface area contributed by atoms with Crippen LogP contribution in [0.25, 0.3) is 10.9 Å². The van der Waals surface area contributed by atoms with E-state index >= 15 is 0 Å². The summed E-state index contributed by atoms with van der Waals surface area (Å²) in [5.74, 6) is 0.477. The molecule has 3 aromatic rings. The van der Waals surface area contributed by atoms with Gasteiger partial charge in [0.25, 0.3) is 0 Å². The van der Waals surface area contributed by atoms with E-state index in [1.54, 1.807) is 0 Å². The van der Waals surface area contributed by atoms with E-state index in [9.17, 15) is 14.2 Å². The smallest absolute Gasteiger partial charge is 0.344 e. The molecule has 0 saturated heterocycles. The maximum absolute atomic E-state index is 12.9. The van der Waals surface area contributed by atoms with Crippen LogP contribution in [0.1, 0.15) is 89.2 Å². The van der Waals surface area contributed by atoms with Gasteiger partial charge in [-0.05, 0) is 89.6 Å². The molecule has 2 aromatic heterocycles. The number of rotatable bonds is 21. The first-order valence-corrected chi connectivity index (χ1v) is 20.6. The molecule has 2 fully saturated rings. The lowest BCUT2D eigenvalue weighted by atomic mass is 9.82. The molecule has 2 aliphatic carbocycles. The Morgan fingerprint density at radius 2 is 1.73 bits per heavy atom. The largest absolute Gasteiger partial charge is 0.367 e. The maximum Gasteiger partial charge on any atom is 0.344 e. The van der Waals surface area contributed by atoms with Crippen LogP contribution in [-0.4, -0.2) is 90.5 Å². The van der Waals surface area contributed by atoms with Crippen LogP contribution in [0.3, 0.4) is 0 Å². The molecule has 286 valence electrons. The molecule has 5 rings (SSSR count). The van der Waals surface area contributed by atoms with E-state index in [2.05, 4.69) is 36.9 Å². The molecule has 2 saturated carbocycles. The standard InChI is InChI=1S/C35H56N11O5P/c36-30(34(48)40-24-52(49,50)51)16-17-32(47)25-12-14-27(15-13-25)41-33-29-10-4-5-11-31(29)42-35(43-33)39-22-28-23-46(45-44-28)21-7-19-37-18-6-20-38-26-8-2-1-3-9-26/h4-5,10-11,23,25-27,30,37-38H,1-3,6-9,12-22,24,36H2,(H,40,48)(H2,49,50,51)(H2,39,41,42,43)/t25?,27?,30-/m0/s1. The predicted molar refractivity (Wildman–Crippen MR) is 201 cm³/mol. The SMILES string of the molecule is N[C@@H](CCC(=O)C1CCC(Nc2nc(NCc3cn(CCCNCCCNC4CCCCC4)nn3)nc3ccccc23)CC1)C(=O)NCP(=O)(O)O. The number of ketones is 1. The van der Waals surface area contributed by atoms with E-state index in [0.717, 1.165) is 80.3 Å². The average molecular weight is 742 g/mol. The number of hydrogen-bond donors (Lipinski definition) is 8. The Labute approximate surface area is 305 Å². The number of aryl methyl sites for hydroxylation is 1. The molecule has 0 spiro atoms. The van der Waals surface area contributed by atoms with E-state index in [1.807, 2.05) is 35.1 Å². The summed E-state index contributed by atoms with van der Waals surface area (Å²) in [5.41, 5.74) is 7.46. The molecule has 52 heavy (non-hydrogen) atoms. The van der Waals surface area contributed by atoms with Crippen molar-refractivity contribution in [1.29, 1.82) is 0 Å². The van der Waals surface area contributed by atoms with Gasteiger partial charge in [-0.25, -0.2) is 4.98 Å². The first kappa shape index (κ1) is 39.7. The zero-order valence-corrected chi connectivity index (χ0v) is 30.9. The highest BCUT2D eigenvalue weighted by molar-refractivity contribution is 7.51. The molecule has 1 aromatic carbocycles. The first-order valence-electron chi connectivity index (χ1n) is 18.8. The number of amides is 1. The fourth-order valence-electron chi connectivity index (χ4n) is 6.98. The number of fused-ring (bicyclic) bond motifs is 1. The van der Waals surface area contributed by atoms with Crippen molar-refractivity contribution in [1.82, 2.24) is 40.9 Å². The van der Waals surface area contributed by atoms with Gasteiger partial charge in [0.2, 0.25) is 11.9 Å². The average Bonchev–Trinajstić information content (AvgIpc) is 3.61. The van der Waals surface area contributed by atoms with E-state index in [1.165, 1.54) is 32.1 Å². The third-order valence-electron chi connectivity index (χ3n) is 9.95. The fourth-order valence-corrected chi connectivity index (χ4v) is 7.34. The van der Waals surface area contributed by atoms with Gasteiger partial charge >= 0.3 is 7.60 Å². The number of aromatic nitrogens is 5. The number of para-hydroxylation sites is 1. The molecule has 0 bridgehead atoms. The Hall–Kier alpha value is -3.53. The summed E-state index contributed by atoms with van der Waals surface area (Å²) in [6, 6.07) is 7.69. The van der Waals surface area contributed by atoms with Gasteiger partial charge in [-0.15, -0.1) is 5.10 Å². The summed E-state index contributed by atoms with van der Waals surface area (Å²) >= 11 is 0. The third kappa shape index (κ3) is 13.2. The van der Waals surface area contributed by atoms with Crippen molar-refractivity contribution in [2.24, 2.45) is 11.7 Å². The fraction of sp³-hybridized carbons (Fsp3) is 0.657. The van der Waals surface area contributed by atoms with Crippen LogP contribution in [0.15, 0.2) is 30.5 Å². The summed E-state index contributed by atoms with van der Waals surface area (Å²) in [5, 5.41) is 25.8. The highest BCUT2D eigenvalue weighted by Gasteiger charge is 2.28. The number of nitrogens with one attached hydrogen (secondary N) is 5. The maximum atomic E-state index is 12.9. The molecule has 2 heterocycles. The van der Waals surface area contributed by atoms with Crippen LogP contribution in [-0.2, 0) is 27.2 Å². The van der Waals surface area contributed by atoms with Crippen LogP contribution in [0, 0.1) is 5.92 Å². The monoisotopic (exact) mass is 741 g/mol. The van der Waals surface area contributed by atoms with Crippen molar-refractivity contribution in [2.75, 3.05) is 36.6 Å². The second-order valence-corrected chi connectivity index (χ2v) is 15.8. The molecule has 2 aliphatic rings. The summed E-state index contributed by atoms with van der Waals surface area (Å²) in [7, 11) is -4.37. The summed E-state index contributed by atoms with van der Waals surface area (Å²) in [6.45, 7) is 4.27. The van der Waals surface area contributed by atoms with Crippen molar-refractivity contribution in [3.8, 4) is 0 Å². The van der Waals surface area contributed by atoms with Crippen LogP contribution in [0.5, 0.6) is 0 Å². The Balaban J connectivity index is 1.02. The molecule has 0 radical (unpaired) electrons. The summed E-state index contributed by atoms with van der Waals surface area (Å²) in [4.78, 5) is 52.3. The first-order chi connectivity index (χ1) is 25.1. The van der Waals surface area contributed by atoms with E-state index in [0.29, 0.717) is 25.3 Å². The number of anilines is 2. The van der Waals surface area contributed by atoms with Crippen LogP contribution in [0.4, 0.5) is 11.8 Å². The van der Waals surface area contributed by atoms with Crippen molar-refractivity contribution >= 4 is 42.0 Å². The van der Waals surface area contributed by atoms with E-state index in [4.69, 9.17) is 25.5 Å². The number of hydrogen-bond acceptors (Lipinski definition) is 12. The summed E-state index contributed by atoms with van der Waals surface area (Å²) in [6.07, 6.45) is 13.3. The topological polar surface area (TPSA) is 234 Å². The number of nitrogens with two attached hydrogens (primary N) is 1. The number of nitrogens with zero attached hydrogens (tertiary/aromatic N) is 5. The predicted octanol–water partition coefficient (Wildman–Crippen LogP) is 3.02. The lowest BCUT2D eigenvalue weighted by Gasteiger charge is -2.29. The Bertz CT molecular complexity index is 1620. The molecule has 9 N–H and O–H groups in total. The van der Waals surface area contributed by atoms with Gasteiger partial charge in [0.1, 0.15) is 23.6 Å². The van der Waals surface area contributed by atoms with Gasteiger partial charge in [0.05, 0.1) is 24.3 Å². The molecule has 0 unspecified atom stereocenters. The number of carbonyl (C=O) groups is 2. The quantitative estimate of drug-likeness (QED) is 0.0579. The van der Waals surface area contributed by atoms with E-state index in [-0.39, 0.29) is 30.6 Å². The normalized spacial score (nSPS) is 19.0. The Morgan fingerprint density at radius 1 is 0.962 bits per heavy atom. The number of carbonyl (C=O) groups excluding carboxylic acids is 2. The lowest BCUT2D eigenvalue weighted by Crippen LogP contribution is -2.41. The van der Waals surface area contributed by atoms with Gasteiger partial charge in [0.15, 0.2) is 0 Å². The van der Waals surface area contributed by atoms with E-state index < -0.39 is 25.8 Å². The summed E-state index contributed by atoms with van der Waals surface area (Å²) < 4.78 is 12.9. The Morgan fingerprint density at radius 3 is 2.52 bits per heavy atom. The molecule has 16 nitrogen and oxygen atoms in total. The van der Waals surface area contributed by atoms with Crippen LogP contribution >= 0.6 is 7.60 Å². The number of benzene rings is 1. The highest BCUT2D eigenvalue weighted by atomic mass is 31.2. The van der Waals surface area contributed by atoms with Crippen LogP contribution < -0.4 is 32.3 Å². The van der Waals surface area contributed by atoms with Crippen molar-refractivity contribution in [3.63, 3.8) is 0 Å². The molecule has 1 atom stereocenters. The zero-order valence-electron chi connectivity index (χ0n) is 30.0.